The molecular weight excluding hydrogens is 212 g/mol. The molecule has 1 aliphatic rings. The van der Waals surface area contributed by atoms with Crippen molar-refractivity contribution in [3.05, 3.63) is 41.5 Å². The Balaban J connectivity index is 2.31. The van der Waals surface area contributed by atoms with E-state index in [1.807, 2.05) is 30.3 Å². The number of hydrogen-bond acceptors (Lipinski definition) is 2. The molecule has 17 heavy (non-hydrogen) atoms. The zero-order chi connectivity index (χ0) is 11.8. The van der Waals surface area contributed by atoms with Crippen LogP contribution in [0.15, 0.2) is 30.3 Å². The van der Waals surface area contributed by atoms with Crippen LogP contribution in [-0.4, -0.2) is 12.9 Å². The van der Waals surface area contributed by atoms with Gasteiger partial charge in [0.15, 0.2) is 5.78 Å². The maximum Gasteiger partial charge on any atom is 0.163 e. The standard InChI is InChI=1S/C15H14O2/c1-17-11-7-5-10-6-8-13-12(14(10)9-11)3-2-4-15(13)16/h5-9H,2-4H2,1H3. The van der Waals surface area contributed by atoms with E-state index in [9.17, 15) is 4.79 Å². The van der Waals surface area contributed by atoms with Gasteiger partial charge in [0.2, 0.25) is 0 Å². The van der Waals surface area contributed by atoms with Gasteiger partial charge in [-0.3, -0.25) is 4.79 Å². The van der Waals surface area contributed by atoms with Crippen LogP contribution < -0.4 is 4.74 Å². The molecule has 0 aliphatic heterocycles. The van der Waals surface area contributed by atoms with Gasteiger partial charge in [0.1, 0.15) is 5.75 Å². The van der Waals surface area contributed by atoms with Crippen molar-refractivity contribution in [1.82, 2.24) is 0 Å². The minimum Gasteiger partial charge on any atom is -0.497 e. The largest absolute Gasteiger partial charge is 0.497 e. The first-order chi connectivity index (χ1) is 8.29. The summed E-state index contributed by atoms with van der Waals surface area (Å²) in [5.41, 5.74) is 2.09. The molecule has 0 fully saturated rings. The number of hydrogen-bond donors (Lipinski definition) is 0. The molecule has 3 rings (SSSR count). The lowest BCUT2D eigenvalue weighted by molar-refractivity contribution is 0.0973. The van der Waals surface area contributed by atoms with Crippen LogP contribution in [0.4, 0.5) is 0 Å². The molecule has 0 saturated carbocycles. The van der Waals surface area contributed by atoms with E-state index in [-0.39, 0.29) is 5.78 Å². The summed E-state index contributed by atoms with van der Waals surface area (Å²) in [6.45, 7) is 0. The van der Waals surface area contributed by atoms with E-state index in [2.05, 4.69) is 0 Å². The van der Waals surface area contributed by atoms with Gasteiger partial charge >= 0.3 is 0 Å². The maximum atomic E-state index is 11.9. The molecule has 0 aromatic heterocycles. The lowest BCUT2D eigenvalue weighted by atomic mass is 9.87. The molecule has 0 saturated heterocycles. The summed E-state index contributed by atoms with van der Waals surface area (Å²) in [6.07, 6.45) is 2.64. The highest BCUT2D eigenvalue weighted by molar-refractivity contribution is 6.03. The van der Waals surface area contributed by atoms with Gasteiger partial charge in [-0.05, 0) is 41.3 Å². The molecule has 0 radical (unpaired) electrons. The van der Waals surface area contributed by atoms with Crippen molar-refractivity contribution in [3.8, 4) is 5.75 Å². The molecule has 0 heterocycles. The SMILES string of the molecule is COc1ccc2ccc3c(c2c1)CCCC3=O. The monoisotopic (exact) mass is 226 g/mol. The fourth-order valence-corrected chi connectivity index (χ4v) is 2.58. The first-order valence-corrected chi connectivity index (χ1v) is 5.92. The van der Waals surface area contributed by atoms with E-state index < -0.39 is 0 Å². The third-order valence-corrected chi connectivity index (χ3v) is 3.47. The fourth-order valence-electron chi connectivity index (χ4n) is 2.58. The molecule has 2 heteroatoms. The highest BCUT2D eigenvalue weighted by Gasteiger charge is 2.18. The van der Waals surface area contributed by atoms with Crippen molar-refractivity contribution in [2.75, 3.05) is 7.11 Å². The average molecular weight is 226 g/mol. The summed E-state index contributed by atoms with van der Waals surface area (Å²) in [4.78, 5) is 11.9. The zero-order valence-corrected chi connectivity index (χ0v) is 9.82. The molecule has 0 unspecified atom stereocenters. The van der Waals surface area contributed by atoms with Crippen LogP contribution in [0.3, 0.4) is 0 Å². The summed E-state index contributed by atoms with van der Waals surface area (Å²) in [7, 11) is 1.67. The van der Waals surface area contributed by atoms with Gasteiger partial charge in [-0.1, -0.05) is 18.2 Å². The van der Waals surface area contributed by atoms with Crippen molar-refractivity contribution in [2.45, 2.75) is 19.3 Å². The van der Waals surface area contributed by atoms with Crippen LogP contribution in [0.1, 0.15) is 28.8 Å². The van der Waals surface area contributed by atoms with Crippen molar-refractivity contribution >= 4 is 16.6 Å². The molecular formula is C15H14O2. The Morgan fingerprint density at radius 1 is 1.12 bits per heavy atom. The van der Waals surface area contributed by atoms with E-state index in [1.54, 1.807) is 7.11 Å². The summed E-state index contributed by atoms with van der Waals surface area (Å²) >= 11 is 0. The number of aryl methyl sites for hydroxylation is 1. The second-order valence-electron chi connectivity index (χ2n) is 4.46. The Kier molecular flexibility index (Phi) is 2.36. The molecule has 2 aromatic rings. The van der Waals surface area contributed by atoms with Crippen LogP contribution >= 0.6 is 0 Å². The van der Waals surface area contributed by atoms with Crippen LogP contribution in [0, 0.1) is 0 Å². The predicted octanol–water partition coefficient (Wildman–Crippen LogP) is 3.37. The van der Waals surface area contributed by atoms with Gasteiger partial charge in [0.05, 0.1) is 7.11 Å². The quantitative estimate of drug-likeness (QED) is 0.745. The van der Waals surface area contributed by atoms with E-state index in [0.29, 0.717) is 6.42 Å². The maximum absolute atomic E-state index is 11.9. The summed E-state index contributed by atoms with van der Waals surface area (Å²) in [5.74, 6) is 1.12. The van der Waals surface area contributed by atoms with E-state index in [4.69, 9.17) is 4.74 Å². The normalized spacial score (nSPS) is 14.8. The molecule has 86 valence electrons. The van der Waals surface area contributed by atoms with Crippen LogP contribution in [0.25, 0.3) is 10.8 Å². The zero-order valence-electron chi connectivity index (χ0n) is 9.82. The third kappa shape index (κ3) is 1.60. The fraction of sp³-hybridized carbons (Fsp3) is 0.267. The van der Waals surface area contributed by atoms with Gasteiger partial charge in [-0.25, -0.2) is 0 Å². The number of fused-ring (bicyclic) bond motifs is 3. The van der Waals surface area contributed by atoms with E-state index in [1.165, 1.54) is 10.9 Å². The summed E-state index contributed by atoms with van der Waals surface area (Å²) < 4.78 is 5.26. The van der Waals surface area contributed by atoms with Crippen LogP contribution in [0.5, 0.6) is 5.75 Å². The summed E-state index contributed by atoms with van der Waals surface area (Å²) in [6, 6.07) is 10.0. The Morgan fingerprint density at radius 2 is 1.94 bits per heavy atom. The Morgan fingerprint density at radius 3 is 2.76 bits per heavy atom. The van der Waals surface area contributed by atoms with Gasteiger partial charge < -0.3 is 4.74 Å². The number of Topliss-reactive ketones (excluding diaryl/α,β-unsaturated/α-hetero) is 1. The molecule has 0 atom stereocenters. The smallest absolute Gasteiger partial charge is 0.163 e. The Bertz CT molecular complexity index is 599. The topological polar surface area (TPSA) is 26.3 Å². The van der Waals surface area contributed by atoms with Crippen molar-refractivity contribution in [2.24, 2.45) is 0 Å². The second-order valence-corrected chi connectivity index (χ2v) is 4.46. The minimum atomic E-state index is 0.274. The number of carbonyl (C=O) groups excluding carboxylic acids is 1. The Labute approximate surface area is 100 Å². The van der Waals surface area contributed by atoms with Gasteiger partial charge in [-0.15, -0.1) is 0 Å². The molecule has 0 bridgehead atoms. The number of benzene rings is 2. The molecule has 0 N–H and O–H groups in total. The number of carbonyl (C=O) groups is 1. The first-order valence-electron chi connectivity index (χ1n) is 5.92. The highest BCUT2D eigenvalue weighted by Crippen LogP contribution is 2.31. The first kappa shape index (κ1) is 10.3. The number of ether oxygens (including phenoxy) is 1. The molecule has 0 amide bonds. The number of rotatable bonds is 1. The van der Waals surface area contributed by atoms with Crippen LogP contribution in [-0.2, 0) is 6.42 Å². The van der Waals surface area contributed by atoms with E-state index >= 15 is 0 Å². The van der Waals surface area contributed by atoms with Crippen molar-refractivity contribution in [3.63, 3.8) is 0 Å². The summed E-state index contributed by atoms with van der Waals surface area (Å²) in [5, 5.41) is 2.34. The van der Waals surface area contributed by atoms with Crippen molar-refractivity contribution in [1.29, 1.82) is 0 Å². The lowest BCUT2D eigenvalue weighted by Gasteiger charge is -2.17. The average Bonchev–Trinajstić information content (AvgIpc) is 2.38. The predicted molar refractivity (Wildman–Crippen MR) is 67.8 cm³/mol. The van der Waals surface area contributed by atoms with Crippen LogP contribution in [0.2, 0.25) is 0 Å². The second kappa shape index (κ2) is 3.88. The third-order valence-electron chi connectivity index (χ3n) is 3.47. The van der Waals surface area contributed by atoms with Gasteiger partial charge in [0, 0.05) is 12.0 Å². The molecule has 2 aromatic carbocycles. The molecule has 1 aliphatic carbocycles. The Hall–Kier alpha value is -1.83. The number of ketones is 1. The van der Waals surface area contributed by atoms with Crippen molar-refractivity contribution < 1.29 is 9.53 Å². The lowest BCUT2D eigenvalue weighted by Crippen LogP contribution is -2.10. The molecule has 0 spiro atoms. The van der Waals surface area contributed by atoms with Gasteiger partial charge in [0.25, 0.3) is 0 Å². The van der Waals surface area contributed by atoms with E-state index in [0.717, 1.165) is 29.5 Å². The highest BCUT2D eigenvalue weighted by atomic mass is 16.5. The number of methoxy groups -OCH3 is 1. The van der Waals surface area contributed by atoms with Gasteiger partial charge in [-0.2, -0.15) is 0 Å². The minimum absolute atomic E-state index is 0.274. The molecule has 2 nitrogen and oxygen atoms in total.